The predicted octanol–water partition coefficient (Wildman–Crippen LogP) is 4.71. The summed E-state index contributed by atoms with van der Waals surface area (Å²) in [5, 5.41) is 15.0. The Kier molecular flexibility index (Phi) is 8.12. The summed E-state index contributed by atoms with van der Waals surface area (Å²) in [7, 11) is 0. The van der Waals surface area contributed by atoms with E-state index in [4.69, 9.17) is 14.5 Å². The molecule has 4 rings (SSSR count). The highest BCUT2D eigenvalue weighted by molar-refractivity contribution is 7.13. The number of ether oxygens (including phenoxy) is 2. The fraction of sp³-hybridized carbons (Fsp3) is 0.276. The number of hydrogen-bond donors (Lipinski definition) is 2. The highest BCUT2D eigenvalue weighted by atomic mass is 32.1. The maximum Gasteiger partial charge on any atom is 0.336 e. The quantitative estimate of drug-likeness (QED) is 0.409. The van der Waals surface area contributed by atoms with Crippen molar-refractivity contribution in [2.75, 3.05) is 13.2 Å². The summed E-state index contributed by atoms with van der Waals surface area (Å²) in [6, 6.07) is 10.9. The monoisotopic (exact) mass is 544 g/mol. The second-order valence-corrected chi connectivity index (χ2v) is 9.72. The van der Waals surface area contributed by atoms with Crippen molar-refractivity contribution in [1.29, 1.82) is 5.26 Å². The largest absolute Gasteiger partial charge is 0.463 e. The number of benzene rings is 1. The van der Waals surface area contributed by atoms with Crippen LogP contribution in [0.1, 0.15) is 50.4 Å². The predicted molar refractivity (Wildman–Crippen MR) is 148 cm³/mol. The number of H-pyrrole nitrogens is 1. The summed E-state index contributed by atoms with van der Waals surface area (Å²) in [4.78, 5) is 46.0. The summed E-state index contributed by atoms with van der Waals surface area (Å²) < 4.78 is 10.8. The van der Waals surface area contributed by atoms with E-state index in [1.807, 2.05) is 35.7 Å². The minimum atomic E-state index is -0.757. The molecule has 0 unspecified atom stereocenters. The molecule has 2 aromatic heterocycles. The number of nitrogens with zero attached hydrogens (tertiary/aromatic N) is 2. The Morgan fingerprint density at radius 2 is 1.64 bits per heavy atom. The number of carbonyl (C=O) groups is 2. The SMILES string of the molecule is CCOC(=O)C1=C(C)NC(C)=C(C(=O)OCC)C1c1ccccc1-c1nc(-c2cc(C#N)c(=O)[nH]c2C)cs1. The second kappa shape index (κ2) is 11.5. The molecular weight excluding hydrogens is 516 g/mol. The van der Waals surface area contributed by atoms with E-state index in [-0.39, 0.29) is 18.8 Å². The number of thiazole rings is 1. The fourth-order valence-electron chi connectivity index (χ4n) is 4.70. The highest BCUT2D eigenvalue weighted by Crippen LogP contribution is 2.44. The third-order valence-electron chi connectivity index (χ3n) is 6.39. The van der Waals surface area contributed by atoms with Gasteiger partial charge in [-0.15, -0.1) is 11.3 Å². The number of esters is 2. The molecule has 0 fully saturated rings. The summed E-state index contributed by atoms with van der Waals surface area (Å²) in [5.74, 6) is -1.80. The van der Waals surface area contributed by atoms with Crippen LogP contribution < -0.4 is 10.9 Å². The number of aryl methyl sites for hydroxylation is 1. The average Bonchev–Trinajstić information content (AvgIpc) is 3.38. The first kappa shape index (κ1) is 27.5. The van der Waals surface area contributed by atoms with Crippen molar-refractivity contribution in [3.05, 3.63) is 85.4 Å². The van der Waals surface area contributed by atoms with Crippen LogP contribution in [-0.2, 0) is 19.1 Å². The summed E-state index contributed by atoms with van der Waals surface area (Å²) in [6.45, 7) is 9.13. The highest BCUT2D eigenvalue weighted by Gasteiger charge is 2.39. The van der Waals surface area contributed by atoms with E-state index in [1.54, 1.807) is 34.6 Å². The van der Waals surface area contributed by atoms with Gasteiger partial charge in [-0.05, 0) is 46.2 Å². The van der Waals surface area contributed by atoms with Crippen LogP contribution in [0.4, 0.5) is 0 Å². The Balaban J connectivity index is 1.90. The van der Waals surface area contributed by atoms with Crippen molar-refractivity contribution in [3.63, 3.8) is 0 Å². The average molecular weight is 545 g/mol. The number of aromatic amines is 1. The number of carbonyl (C=O) groups excluding carboxylic acids is 2. The molecule has 1 aliphatic heterocycles. The molecule has 1 aromatic carbocycles. The molecule has 39 heavy (non-hydrogen) atoms. The van der Waals surface area contributed by atoms with Crippen LogP contribution >= 0.6 is 11.3 Å². The van der Waals surface area contributed by atoms with Crippen molar-refractivity contribution in [2.24, 2.45) is 0 Å². The number of nitriles is 1. The molecule has 0 radical (unpaired) electrons. The van der Waals surface area contributed by atoms with Gasteiger partial charge in [0.1, 0.15) is 16.6 Å². The minimum absolute atomic E-state index is 0.000336. The maximum absolute atomic E-state index is 13.2. The molecule has 0 saturated carbocycles. The lowest BCUT2D eigenvalue weighted by atomic mass is 9.78. The number of allylic oxidation sites excluding steroid dienone is 2. The molecule has 2 N–H and O–H groups in total. The van der Waals surface area contributed by atoms with Gasteiger partial charge in [-0.25, -0.2) is 14.6 Å². The summed E-state index contributed by atoms with van der Waals surface area (Å²) >= 11 is 1.38. The third-order valence-corrected chi connectivity index (χ3v) is 7.27. The van der Waals surface area contributed by atoms with Gasteiger partial charge in [0.25, 0.3) is 5.56 Å². The van der Waals surface area contributed by atoms with Crippen LogP contribution in [0.15, 0.2) is 63.0 Å². The van der Waals surface area contributed by atoms with Crippen molar-refractivity contribution >= 4 is 23.3 Å². The molecule has 200 valence electrons. The Labute approximate surface area is 229 Å². The van der Waals surface area contributed by atoms with Crippen LogP contribution in [-0.4, -0.2) is 35.1 Å². The Morgan fingerprint density at radius 3 is 2.23 bits per heavy atom. The van der Waals surface area contributed by atoms with Crippen molar-refractivity contribution in [2.45, 2.75) is 40.5 Å². The third kappa shape index (κ3) is 5.26. The van der Waals surface area contributed by atoms with Crippen LogP contribution in [0.3, 0.4) is 0 Å². The summed E-state index contributed by atoms with van der Waals surface area (Å²) in [5.41, 5.74) is 4.62. The molecule has 10 heteroatoms. The normalized spacial score (nSPS) is 13.6. The molecule has 1 aliphatic rings. The van der Waals surface area contributed by atoms with E-state index in [9.17, 15) is 19.6 Å². The van der Waals surface area contributed by atoms with E-state index in [0.29, 0.717) is 50.1 Å². The van der Waals surface area contributed by atoms with Gasteiger partial charge in [0.15, 0.2) is 0 Å². The zero-order valence-electron chi connectivity index (χ0n) is 22.3. The van der Waals surface area contributed by atoms with Gasteiger partial charge in [0, 0.05) is 33.6 Å². The van der Waals surface area contributed by atoms with E-state index in [1.165, 1.54) is 17.4 Å². The fourth-order valence-corrected chi connectivity index (χ4v) is 5.57. The van der Waals surface area contributed by atoms with Gasteiger partial charge < -0.3 is 19.8 Å². The van der Waals surface area contributed by atoms with Crippen LogP contribution in [0.5, 0.6) is 0 Å². The smallest absolute Gasteiger partial charge is 0.336 e. The molecular formula is C29H28N4O5S. The Morgan fingerprint density at radius 1 is 1.03 bits per heavy atom. The van der Waals surface area contributed by atoms with Crippen LogP contribution in [0, 0.1) is 18.3 Å². The Hall–Kier alpha value is -4.49. The molecule has 3 aromatic rings. The number of dihydropyridines is 1. The van der Waals surface area contributed by atoms with Crippen molar-refractivity contribution in [3.8, 4) is 27.9 Å². The molecule has 0 aliphatic carbocycles. The maximum atomic E-state index is 13.2. The van der Waals surface area contributed by atoms with E-state index < -0.39 is 23.4 Å². The second-order valence-electron chi connectivity index (χ2n) is 8.86. The van der Waals surface area contributed by atoms with Crippen LogP contribution in [0.25, 0.3) is 21.8 Å². The summed E-state index contributed by atoms with van der Waals surface area (Å²) in [6.07, 6.45) is 0. The standard InChI is InChI=1S/C29H28N4O5S/c1-6-37-28(35)23-16(4)31-17(5)24(29(36)38-7-2)25(23)19-10-8-9-11-20(19)27-33-22(14-39-27)21-12-18(13-30)26(34)32-15(21)3/h8-12,14,25,31H,6-7H2,1-5H3,(H,32,34). The molecule has 3 heterocycles. The Bertz CT molecular complexity index is 1580. The van der Waals surface area contributed by atoms with Gasteiger partial charge in [0.05, 0.1) is 36.0 Å². The molecule has 0 amide bonds. The lowest BCUT2D eigenvalue weighted by molar-refractivity contribution is -0.139. The van der Waals surface area contributed by atoms with Crippen LogP contribution in [0.2, 0.25) is 0 Å². The minimum Gasteiger partial charge on any atom is -0.463 e. The van der Waals surface area contributed by atoms with E-state index in [0.717, 1.165) is 5.56 Å². The van der Waals surface area contributed by atoms with E-state index >= 15 is 0 Å². The number of aromatic nitrogens is 2. The lowest BCUT2D eigenvalue weighted by Crippen LogP contribution is -2.32. The molecule has 0 bridgehead atoms. The first-order valence-corrected chi connectivity index (χ1v) is 13.3. The van der Waals surface area contributed by atoms with Gasteiger partial charge in [0.2, 0.25) is 0 Å². The van der Waals surface area contributed by atoms with Crippen molar-refractivity contribution < 1.29 is 19.1 Å². The van der Waals surface area contributed by atoms with Crippen molar-refractivity contribution in [1.82, 2.24) is 15.3 Å². The number of rotatable bonds is 7. The molecule has 9 nitrogen and oxygen atoms in total. The van der Waals surface area contributed by atoms with Gasteiger partial charge in [-0.2, -0.15) is 5.26 Å². The first-order valence-electron chi connectivity index (χ1n) is 12.4. The topological polar surface area (TPSA) is 134 Å². The molecule has 0 saturated heterocycles. The molecule has 0 spiro atoms. The van der Waals surface area contributed by atoms with E-state index in [2.05, 4.69) is 10.3 Å². The lowest BCUT2D eigenvalue weighted by Gasteiger charge is -2.31. The number of pyridine rings is 1. The zero-order chi connectivity index (χ0) is 28.3. The van der Waals surface area contributed by atoms with Gasteiger partial charge >= 0.3 is 11.9 Å². The van der Waals surface area contributed by atoms with Gasteiger partial charge in [-0.1, -0.05) is 24.3 Å². The molecule has 0 atom stereocenters. The zero-order valence-corrected chi connectivity index (χ0v) is 23.1. The first-order chi connectivity index (χ1) is 18.7. The van der Waals surface area contributed by atoms with Gasteiger partial charge in [-0.3, -0.25) is 4.79 Å². The number of nitrogens with one attached hydrogen (secondary N) is 2. The number of hydrogen-bond acceptors (Lipinski definition) is 9.